The molecule has 8 nitrogen and oxygen atoms in total. The van der Waals surface area contributed by atoms with Crippen LogP contribution in [-0.4, -0.2) is 43.7 Å². The molecule has 1 unspecified atom stereocenters. The number of hydrogen-bond acceptors (Lipinski definition) is 5. The predicted molar refractivity (Wildman–Crippen MR) is 61.7 cm³/mol. The summed E-state index contributed by atoms with van der Waals surface area (Å²) in [5.41, 5.74) is 10.0. The summed E-state index contributed by atoms with van der Waals surface area (Å²) in [5.74, 6) is -2.38. The molecular weight excluding hydrogens is 240 g/mol. The van der Waals surface area contributed by atoms with Crippen LogP contribution in [0.2, 0.25) is 0 Å². The van der Waals surface area contributed by atoms with Gasteiger partial charge < -0.3 is 26.7 Å². The van der Waals surface area contributed by atoms with E-state index < -0.39 is 23.5 Å². The lowest BCUT2D eigenvalue weighted by Gasteiger charge is -2.24. The minimum Gasteiger partial charge on any atom is -0.480 e. The standard InChI is InChI=1S/C10H16N4O4/c11-7(8(15)16)1-2-10(12,9(17)18)3-6-4-13-5-14-6/h4-5,7H,1-3,11-12H2,(H,13,14)(H,15,16)(H,17,18)/t7?,10-/m0/s1. The first-order valence-corrected chi connectivity index (χ1v) is 5.33. The molecule has 0 aliphatic heterocycles. The van der Waals surface area contributed by atoms with Gasteiger partial charge in [0.05, 0.1) is 12.0 Å². The van der Waals surface area contributed by atoms with Crippen molar-refractivity contribution in [2.24, 2.45) is 11.5 Å². The molecule has 0 spiro atoms. The molecule has 0 radical (unpaired) electrons. The summed E-state index contributed by atoms with van der Waals surface area (Å²) in [6.45, 7) is 0. The van der Waals surface area contributed by atoms with Crippen molar-refractivity contribution in [3.05, 3.63) is 18.2 Å². The maximum atomic E-state index is 11.2. The first-order chi connectivity index (χ1) is 8.35. The number of imidazole rings is 1. The molecule has 0 aliphatic carbocycles. The highest BCUT2D eigenvalue weighted by Crippen LogP contribution is 2.17. The summed E-state index contributed by atoms with van der Waals surface area (Å²) in [5, 5.41) is 17.8. The lowest BCUT2D eigenvalue weighted by Crippen LogP contribution is -2.51. The van der Waals surface area contributed by atoms with Crippen LogP contribution in [0.1, 0.15) is 18.5 Å². The highest BCUT2D eigenvalue weighted by molar-refractivity contribution is 5.79. The molecule has 0 amide bonds. The van der Waals surface area contributed by atoms with E-state index in [0.29, 0.717) is 5.69 Å². The van der Waals surface area contributed by atoms with Crippen LogP contribution in [0, 0.1) is 0 Å². The molecule has 1 aromatic heterocycles. The Morgan fingerprint density at radius 3 is 2.61 bits per heavy atom. The summed E-state index contributed by atoms with van der Waals surface area (Å²) in [6.07, 6.45) is 2.92. The van der Waals surface area contributed by atoms with Crippen LogP contribution < -0.4 is 11.5 Å². The maximum Gasteiger partial charge on any atom is 0.324 e. The molecule has 18 heavy (non-hydrogen) atoms. The molecule has 0 aliphatic rings. The number of nitrogens with one attached hydrogen (secondary N) is 1. The third kappa shape index (κ3) is 3.54. The number of H-pyrrole nitrogens is 1. The van der Waals surface area contributed by atoms with Gasteiger partial charge in [-0.2, -0.15) is 0 Å². The molecule has 8 heteroatoms. The van der Waals surface area contributed by atoms with Gasteiger partial charge in [0.1, 0.15) is 11.6 Å². The fourth-order valence-electron chi connectivity index (χ4n) is 1.52. The van der Waals surface area contributed by atoms with Gasteiger partial charge in [0.15, 0.2) is 0 Å². The monoisotopic (exact) mass is 256 g/mol. The van der Waals surface area contributed by atoms with E-state index >= 15 is 0 Å². The predicted octanol–water partition coefficient (Wildman–Crippen LogP) is -1.07. The second-order valence-electron chi connectivity index (χ2n) is 4.18. The average molecular weight is 256 g/mol. The Kier molecular flexibility index (Phi) is 4.40. The average Bonchev–Trinajstić information content (AvgIpc) is 2.78. The highest BCUT2D eigenvalue weighted by Gasteiger charge is 2.35. The largest absolute Gasteiger partial charge is 0.480 e. The minimum atomic E-state index is -1.57. The van der Waals surface area contributed by atoms with Gasteiger partial charge in [-0.3, -0.25) is 9.59 Å². The normalized spacial score (nSPS) is 15.9. The lowest BCUT2D eigenvalue weighted by molar-refractivity contribution is -0.145. The molecule has 0 saturated heterocycles. The van der Waals surface area contributed by atoms with Gasteiger partial charge in [-0.25, -0.2) is 4.98 Å². The molecule has 7 N–H and O–H groups in total. The Morgan fingerprint density at radius 2 is 2.17 bits per heavy atom. The van der Waals surface area contributed by atoms with E-state index in [9.17, 15) is 9.59 Å². The summed E-state index contributed by atoms with van der Waals surface area (Å²) >= 11 is 0. The van der Waals surface area contributed by atoms with E-state index in [1.807, 2.05) is 0 Å². The Labute approximate surface area is 103 Å². The van der Waals surface area contributed by atoms with E-state index in [0.717, 1.165) is 0 Å². The van der Waals surface area contributed by atoms with Crippen molar-refractivity contribution in [1.29, 1.82) is 0 Å². The minimum absolute atomic E-state index is 0.0114. The summed E-state index contributed by atoms with van der Waals surface area (Å²) in [6, 6.07) is -1.12. The van der Waals surface area contributed by atoms with E-state index in [-0.39, 0.29) is 19.3 Å². The van der Waals surface area contributed by atoms with Crippen LogP contribution in [0.4, 0.5) is 0 Å². The van der Waals surface area contributed by atoms with Gasteiger partial charge in [-0.1, -0.05) is 0 Å². The summed E-state index contributed by atoms with van der Waals surface area (Å²) in [7, 11) is 0. The van der Waals surface area contributed by atoms with Gasteiger partial charge >= 0.3 is 11.9 Å². The first-order valence-electron chi connectivity index (χ1n) is 5.33. The van der Waals surface area contributed by atoms with Crippen LogP contribution in [0.25, 0.3) is 0 Å². The van der Waals surface area contributed by atoms with Crippen LogP contribution in [0.5, 0.6) is 0 Å². The Morgan fingerprint density at radius 1 is 1.50 bits per heavy atom. The van der Waals surface area contributed by atoms with Gasteiger partial charge in [-0.15, -0.1) is 0 Å². The molecule has 1 heterocycles. The van der Waals surface area contributed by atoms with Crippen molar-refractivity contribution in [2.45, 2.75) is 30.8 Å². The number of carboxylic acid groups (broad SMARTS) is 2. The van der Waals surface area contributed by atoms with Crippen molar-refractivity contribution in [1.82, 2.24) is 9.97 Å². The second kappa shape index (κ2) is 5.61. The van der Waals surface area contributed by atoms with Crippen LogP contribution >= 0.6 is 0 Å². The first kappa shape index (κ1) is 14.1. The number of rotatable bonds is 7. The number of aromatic nitrogens is 2. The second-order valence-corrected chi connectivity index (χ2v) is 4.18. The van der Waals surface area contributed by atoms with Crippen molar-refractivity contribution >= 4 is 11.9 Å². The van der Waals surface area contributed by atoms with E-state index in [2.05, 4.69) is 9.97 Å². The molecular formula is C10H16N4O4. The summed E-state index contributed by atoms with van der Waals surface area (Å²) in [4.78, 5) is 28.3. The van der Waals surface area contributed by atoms with Gasteiger partial charge in [0, 0.05) is 12.6 Å². The highest BCUT2D eigenvalue weighted by atomic mass is 16.4. The van der Waals surface area contributed by atoms with Crippen molar-refractivity contribution in [3.8, 4) is 0 Å². The van der Waals surface area contributed by atoms with Crippen molar-refractivity contribution in [3.63, 3.8) is 0 Å². The molecule has 1 aromatic rings. The molecule has 0 bridgehead atoms. The number of nitrogens with zero attached hydrogens (tertiary/aromatic N) is 1. The number of nitrogens with two attached hydrogens (primary N) is 2. The zero-order valence-corrected chi connectivity index (χ0v) is 9.67. The summed E-state index contributed by atoms with van der Waals surface area (Å²) < 4.78 is 0. The zero-order chi connectivity index (χ0) is 13.8. The van der Waals surface area contributed by atoms with Crippen molar-refractivity contribution < 1.29 is 19.8 Å². The maximum absolute atomic E-state index is 11.2. The Bertz CT molecular complexity index is 420. The van der Waals surface area contributed by atoms with E-state index in [1.54, 1.807) is 6.20 Å². The number of hydrogen-bond donors (Lipinski definition) is 5. The van der Waals surface area contributed by atoms with Gasteiger partial charge in [0.25, 0.3) is 0 Å². The third-order valence-corrected chi connectivity index (χ3v) is 2.70. The van der Waals surface area contributed by atoms with E-state index in [1.165, 1.54) is 6.33 Å². The number of aliphatic carboxylic acids is 2. The van der Waals surface area contributed by atoms with Gasteiger partial charge in [0.2, 0.25) is 0 Å². The molecule has 0 aromatic carbocycles. The molecule has 100 valence electrons. The van der Waals surface area contributed by atoms with Gasteiger partial charge in [-0.05, 0) is 12.8 Å². The SMILES string of the molecule is NC(CC[C@](N)(Cc1c[nH]cn1)C(=O)O)C(=O)O. The van der Waals surface area contributed by atoms with Crippen LogP contribution in [-0.2, 0) is 16.0 Å². The molecule has 2 atom stereocenters. The number of carbonyl (C=O) groups is 2. The molecule has 0 fully saturated rings. The van der Waals surface area contributed by atoms with E-state index in [4.69, 9.17) is 21.7 Å². The number of carboxylic acids is 2. The molecule has 0 saturated carbocycles. The third-order valence-electron chi connectivity index (χ3n) is 2.70. The van der Waals surface area contributed by atoms with Crippen LogP contribution in [0.3, 0.4) is 0 Å². The topological polar surface area (TPSA) is 155 Å². The van der Waals surface area contributed by atoms with Crippen LogP contribution in [0.15, 0.2) is 12.5 Å². The Hall–Kier alpha value is -1.93. The fourth-order valence-corrected chi connectivity index (χ4v) is 1.52. The molecule has 1 rings (SSSR count). The number of aromatic amines is 1. The Balaban J connectivity index is 2.69. The fraction of sp³-hybridized carbons (Fsp3) is 0.500. The lowest BCUT2D eigenvalue weighted by atomic mass is 9.88. The smallest absolute Gasteiger partial charge is 0.324 e. The quantitative estimate of drug-likeness (QED) is 0.415. The zero-order valence-electron chi connectivity index (χ0n) is 9.67. The van der Waals surface area contributed by atoms with Crippen molar-refractivity contribution in [2.75, 3.05) is 0 Å².